The van der Waals surface area contributed by atoms with Gasteiger partial charge in [0, 0.05) is 33.1 Å². The highest BCUT2D eigenvalue weighted by Crippen LogP contribution is 2.28. The van der Waals surface area contributed by atoms with Crippen molar-refractivity contribution in [1.82, 2.24) is 24.0 Å². The second-order valence-electron chi connectivity index (χ2n) is 8.28. The van der Waals surface area contributed by atoms with Gasteiger partial charge >= 0.3 is 5.69 Å². The molecule has 0 aromatic carbocycles. The molecule has 9 heteroatoms. The molecule has 3 rings (SSSR count). The Bertz CT molecular complexity index is 1060. The monoisotopic (exact) mass is 447 g/mol. The Morgan fingerprint density at radius 1 is 1.13 bits per heavy atom. The summed E-state index contributed by atoms with van der Waals surface area (Å²) in [5.74, 6) is 0.874. The van der Waals surface area contributed by atoms with Gasteiger partial charge in [-0.1, -0.05) is 44.9 Å². The quantitative estimate of drug-likeness (QED) is 0.299. The van der Waals surface area contributed by atoms with Crippen LogP contribution >= 0.6 is 11.8 Å². The van der Waals surface area contributed by atoms with Crippen LogP contribution in [-0.2, 0) is 24.8 Å². The van der Waals surface area contributed by atoms with Gasteiger partial charge in [-0.3, -0.25) is 18.7 Å². The minimum atomic E-state index is -0.407. The zero-order chi connectivity index (χ0) is 22.5. The van der Waals surface area contributed by atoms with Gasteiger partial charge in [-0.2, -0.15) is 0 Å². The fourth-order valence-corrected chi connectivity index (χ4v) is 4.59. The molecule has 2 aromatic rings. The lowest BCUT2D eigenvalue weighted by Crippen LogP contribution is -2.39. The number of fused-ring (bicyclic) bond motifs is 1. The number of rotatable bonds is 11. The fourth-order valence-electron chi connectivity index (χ4n) is 3.63. The Labute approximate surface area is 187 Å². The molecular formula is C22H33N5O3S. The zero-order valence-corrected chi connectivity index (χ0v) is 19.8. The standard InChI is InChI=1S/C22H33N5O3S/c1-5-7-8-9-10-16-23-19-18(21(29)26(4)22(30)27(19)13-6-2)20(24-16)31-14-17(28)25(3)15-11-12-15/h15H,5-14H2,1-4H3. The van der Waals surface area contributed by atoms with Gasteiger partial charge in [0.15, 0.2) is 5.65 Å². The number of aryl methyl sites for hydroxylation is 2. The number of amides is 1. The first kappa shape index (κ1) is 23.5. The molecule has 1 saturated carbocycles. The number of unbranched alkanes of at least 4 members (excludes halogenated alkanes) is 3. The first-order chi connectivity index (χ1) is 14.9. The Balaban J connectivity index is 2.02. The van der Waals surface area contributed by atoms with E-state index < -0.39 is 5.56 Å². The smallest absolute Gasteiger partial charge is 0.332 e. The van der Waals surface area contributed by atoms with E-state index in [9.17, 15) is 14.4 Å². The number of carbonyl (C=O) groups is 1. The van der Waals surface area contributed by atoms with E-state index in [1.807, 2.05) is 14.0 Å². The number of carbonyl (C=O) groups excluding carboxylic acids is 1. The molecule has 170 valence electrons. The maximum Gasteiger partial charge on any atom is 0.332 e. The maximum absolute atomic E-state index is 13.0. The largest absolute Gasteiger partial charge is 0.342 e. The summed E-state index contributed by atoms with van der Waals surface area (Å²) in [7, 11) is 3.31. The van der Waals surface area contributed by atoms with Crippen molar-refractivity contribution in [2.24, 2.45) is 7.05 Å². The van der Waals surface area contributed by atoms with Crippen LogP contribution in [0.15, 0.2) is 14.6 Å². The van der Waals surface area contributed by atoms with Crippen molar-refractivity contribution in [3.8, 4) is 0 Å². The molecule has 2 aromatic heterocycles. The van der Waals surface area contributed by atoms with Gasteiger partial charge in [-0.15, -0.1) is 0 Å². The normalized spacial score (nSPS) is 13.7. The lowest BCUT2D eigenvalue weighted by atomic mass is 10.1. The highest BCUT2D eigenvalue weighted by atomic mass is 32.2. The summed E-state index contributed by atoms with van der Waals surface area (Å²) in [5, 5.41) is 0.832. The molecule has 0 radical (unpaired) electrons. The topological polar surface area (TPSA) is 90.1 Å². The molecule has 1 aliphatic carbocycles. The van der Waals surface area contributed by atoms with Crippen LogP contribution in [0.4, 0.5) is 0 Å². The predicted molar refractivity (Wildman–Crippen MR) is 124 cm³/mol. The second kappa shape index (κ2) is 10.4. The lowest BCUT2D eigenvalue weighted by molar-refractivity contribution is -0.127. The van der Waals surface area contributed by atoms with Gasteiger partial charge < -0.3 is 4.90 Å². The Morgan fingerprint density at radius 2 is 1.87 bits per heavy atom. The van der Waals surface area contributed by atoms with Crippen molar-refractivity contribution in [3.05, 3.63) is 26.7 Å². The second-order valence-corrected chi connectivity index (χ2v) is 9.24. The third kappa shape index (κ3) is 5.37. The molecule has 8 nitrogen and oxygen atoms in total. The third-order valence-corrected chi connectivity index (χ3v) is 6.68. The number of thioether (sulfide) groups is 1. The van der Waals surface area contributed by atoms with Crippen LogP contribution in [0.25, 0.3) is 11.0 Å². The molecule has 0 N–H and O–H groups in total. The summed E-state index contributed by atoms with van der Waals surface area (Å²) in [6.45, 7) is 4.62. The van der Waals surface area contributed by atoms with E-state index in [4.69, 9.17) is 0 Å². The molecule has 0 spiro atoms. The summed E-state index contributed by atoms with van der Waals surface area (Å²) in [4.78, 5) is 49.4. The molecule has 0 saturated heterocycles. The first-order valence-corrected chi connectivity index (χ1v) is 12.3. The molecule has 0 bridgehead atoms. The van der Waals surface area contributed by atoms with E-state index in [2.05, 4.69) is 16.9 Å². The van der Waals surface area contributed by atoms with Crippen molar-refractivity contribution >= 4 is 28.7 Å². The predicted octanol–water partition coefficient (Wildman–Crippen LogP) is 2.74. The van der Waals surface area contributed by atoms with Gasteiger partial charge in [0.2, 0.25) is 5.91 Å². The van der Waals surface area contributed by atoms with Gasteiger partial charge in [-0.05, 0) is 25.7 Å². The molecule has 1 fully saturated rings. The molecular weight excluding hydrogens is 414 g/mol. The van der Waals surface area contributed by atoms with E-state index in [-0.39, 0.29) is 17.3 Å². The van der Waals surface area contributed by atoms with E-state index in [1.54, 1.807) is 9.47 Å². The maximum atomic E-state index is 13.0. The van der Waals surface area contributed by atoms with Crippen molar-refractivity contribution in [2.75, 3.05) is 12.8 Å². The Hall–Kier alpha value is -2.16. The number of hydrogen-bond acceptors (Lipinski definition) is 6. The number of hydrogen-bond donors (Lipinski definition) is 0. The van der Waals surface area contributed by atoms with E-state index in [0.717, 1.165) is 49.5 Å². The van der Waals surface area contributed by atoms with Gasteiger partial charge in [-0.25, -0.2) is 14.8 Å². The lowest BCUT2D eigenvalue weighted by Gasteiger charge is -2.17. The molecule has 1 aliphatic rings. The Morgan fingerprint density at radius 3 is 2.52 bits per heavy atom. The summed E-state index contributed by atoms with van der Waals surface area (Å²) in [5.41, 5.74) is -0.383. The van der Waals surface area contributed by atoms with Crippen molar-refractivity contribution in [2.45, 2.75) is 82.8 Å². The van der Waals surface area contributed by atoms with Crippen LogP contribution in [-0.4, -0.2) is 48.8 Å². The number of aromatic nitrogens is 4. The molecule has 0 unspecified atom stereocenters. The summed E-state index contributed by atoms with van der Waals surface area (Å²) >= 11 is 1.27. The van der Waals surface area contributed by atoms with Crippen LogP contribution in [0.5, 0.6) is 0 Å². The molecule has 31 heavy (non-hydrogen) atoms. The van der Waals surface area contributed by atoms with Crippen molar-refractivity contribution in [1.29, 1.82) is 0 Å². The van der Waals surface area contributed by atoms with Crippen LogP contribution in [0.3, 0.4) is 0 Å². The van der Waals surface area contributed by atoms with Crippen LogP contribution in [0, 0.1) is 0 Å². The Kier molecular flexibility index (Phi) is 7.91. The molecule has 0 atom stereocenters. The van der Waals surface area contributed by atoms with Crippen molar-refractivity contribution in [3.63, 3.8) is 0 Å². The molecule has 1 amide bonds. The highest BCUT2D eigenvalue weighted by Gasteiger charge is 2.29. The van der Waals surface area contributed by atoms with Gasteiger partial charge in [0.05, 0.1) is 5.75 Å². The van der Waals surface area contributed by atoms with Crippen LogP contribution < -0.4 is 11.2 Å². The first-order valence-electron chi connectivity index (χ1n) is 11.3. The van der Waals surface area contributed by atoms with E-state index in [1.165, 1.54) is 18.8 Å². The van der Waals surface area contributed by atoms with Crippen molar-refractivity contribution < 1.29 is 4.79 Å². The zero-order valence-electron chi connectivity index (χ0n) is 19.0. The number of nitrogens with zero attached hydrogens (tertiary/aromatic N) is 5. The third-order valence-electron chi connectivity index (χ3n) is 5.72. The van der Waals surface area contributed by atoms with Gasteiger partial charge in [0.25, 0.3) is 5.56 Å². The summed E-state index contributed by atoms with van der Waals surface area (Å²) < 4.78 is 2.68. The average molecular weight is 448 g/mol. The minimum absolute atomic E-state index is 0.0301. The van der Waals surface area contributed by atoms with Crippen LogP contribution in [0.1, 0.15) is 64.6 Å². The highest BCUT2D eigenvalue weighted by molar-refractivity contribution is 8.00. The molecule has 0 aliphatic heterocycles. The summed E-state index contributed by atoms with van der Waals surface area (Å²) in [6, 6.07) is 0.340. The van der Waals surface area contributed by atoms with E-state index in [0.29, 0.717) is 40.9 Å². The fraction of sp³-hybridized carbons (Fsp3) is 0.682. The molecule has 2 heterocycles. The average Bonchev–Trinajstić information content (AvgIpc) is 3.61. The minimum Gasteiger partial charge on any atom is -0.342 e. The van der Waals surface area contributed by atoms with Crippen LogP contribution in [0.2, 0.25) is 0 Å². The summed E-state index contributed by atoms with van der Waals surface area (Å²) in [6.07, 6.45) is 7.87. The van der Waals surface area contributed by atoms with E-state index >= 15 is 0 Å². The SMILES string of the molecule is CCCCCCc1nc(SCC(=O)N(C)C2CC2)c2c(=O)n(C)c(=O)n(CCC)c2n1. The van der Waals surface area contributed by atoms with Gasteiger partial charge in [0.1, 0.15) is 16.2 Å².